The van der Waals surface area contributed by atoms with Gasteiger partial charge in [-0.3, -0.25) is 10.1 Å². The molecule has 4 atom stereocenters. The Bertz CT molecular complexity index is 997. The molecule has 4 rings (SSSR count). The minimum Gasteiger partial charge on any atom is -0.497 e. The second-order valence-corrected chi connectivity index (χ2v) is 7.55. The first kappa shape index (κ1) is 22.9. The van der Waals surface area contributed by atoms with Gasteiger partial charge in [-0.25, -0.2) is 4.79 Å². The van der Waals surface area contributed by atoms with Crippen LogP contribution in [0.3, 0.4) is 0 Å². The van der Waals surface area contributed by atoms with Gasteiger partial charge in [-0.1, -0.05) is 0 Å². The molecule has 2 aromatic rings. The Hall–Kier alpha value is -3.31. The second kappa shape index (κ2) is 9.28. The molecule has 176 valence electrons. The topological polar surface area (TPSA) is 95.1 Å². The van der Waals surface area contributed by atoms with Crippen molar-refractivity contribution in [2.45, 2.75) is 30.5 Å². The highest BCUT2D eigenvalue weighted by atomic mass is 19.4. The van der Waals surface area contributed by atoms with E-state index in [2.05, 4.69) is 10.6 Å². The SMILES string of the molecule is COc1ccc(NC(=O)OC2COC3C(NC(=O)c4ccc(C(F)(F)F)cc4)COC23)cc1. The summed E-state index contributed by atoms with van der Waals surface area (Å²) in [5, 5.41) is 5.31. The van der Waals surface area contributed by atoms with E-state index in [-0.39, 0.29) is 18.8 Å². The highest BCUT2D eigenvalue weighted by Crippen LogP contribution is 2.31. The number of methoxy groups -OCH3 is 1. The number of carbonyl (C=O) groups is 2. The molecule has 0 aromatic heterocycles. The van der Waals surface area contributed by atoms with Crippen LogP contribution in [0.5, 0.6) is 5.75 Å². The predicted molar refractivity (Wildman–Crippen MR) is 109 cm³/mol. The number of alkyl halides is 3. The van der Waals surface area contributed by atoms with E-state index >= 15 is 0 Å². The molecule has 2 aliphatic rings. The number of benzene rings is 2. The summed E-state index contributed by atoms with van der Waals surface area (Å²) in [5.41, 5.74) is -0.239. The second-order valence-electron chi connectivity index (χ2n) is 7.55. The molecule has 33 heavy (non-hydrogen) atoms. The molecule has 2 amide bonds. The van der Waals surface area contributed by atoms with Gasteiger partial charge < -0.3 is 24.3 Å². The van der Waals surface area contributed by atoms with E-state index in [1.54, 1.807) is 24.3 Å². The monoisotopic (exact) mass is 466 g/mol. The lowest BCUT2D eigenvalue weighted by atomic mass is 10.1. The maximum absolute atomic E-state index is 12.7. The molecule has 2 heterocycles. The number of amides is 2. The Morgan fingerprint density at radius 1 is 0.970 bits per heavy atom. The average Bonchev–Trinajstić information content (AvgIpc) is 3.37. The molecule has 11 heteroatoms. The van der Waals surface area contributed by atoms with Crippen LogP contribution in [0.15, 0.2) is 48.5 Å². The number of fused-ring (bicyclic) bond motifs is 1. The molecule has 8 nitrogen and oxygen atoms in total. The Labute approximate surface area is 186 Å². The summed E-state index contributed by atoms with van der Waals surface area (Å²) in [7, 11) is 1.54. The standard InChI is InChI=1S/C22H21F3N2O6/c1-30-15-8-6-14(7-9-15)26-21(29)33-17-11-32-18-16(10-31-19(17)18)27-20(28)12-2-4-13(5-3-12)22(23,24)25/h2-9,16-19H,10-11H2,1H3,(H,26,29)(H,27,28). The summed E-state index contributed by atoms with van der Waals surface area (Å²) in [6, 6.07) is 10.1. The van der Waals surface area contributed by atoms with Crippen molar-refractivity contribution in [1.82, 2.24) is 5.32 Å². The molecule has 2 saturated heterocycles. The Morgan fingerprint density at radius 2 is 1.64 bits per heavy atom. The number of ether oxygens (including phenoxy) is 4. The van der Waals surface area contributed by atoms with Gasteiger partial charge in [-0.2, -0.15) is 13.2 Å². The highest BCUT2D eigenvalue weighted by Gasteiger charge is 2.50. The van der Waals surface area contributed by atoms with Crippen LogP contribution in [0, 0.1) is 0 Å². The Balaban J connectivity index is 1.30. The van der Waals surface area contributed by atoms with E-state index in [9.17, 15) is 22.8 Å². The molecule has 2 aromatic carbocycles. The van der Waals surface area contributed by atoms with Crippen LogP contribution in [0.2, 0.25) is 0 Å². The van der Waals surface area contributed by atoms with Gasteiger partial charge in [0.05, 0.1) is 31.9 Å². The molecule has 2 fully saturated rings. The number of halogens is 3. The van der Waals surface area contributed by atoms with Crippen molar-refractivity contribution in [3.05, 3.63) is 59.7 Å². The summed E-state index contributed by atoms with van der Waals surface area (Å²) in [4.78, 5) is 24.7. The lowest BCUT2D eigenvalue weighted by Gasteiger charge is -2.18. The van der Waals surface area contributed by atoms with Gasteiger partial charge >= 0.3 is 12.3 Å². The normalized spacial score (nSPS) is 24.1. The number of rotatable bonds is 5. The number of hydrogen-bond donors (Lipinski definition) is 2. The van der Waals surface area contributed by atoms with Gasteiger partial charge in [0.2, 0.25) is 0 Å². The molecule has 0 aliphatic carbocycles. The number of anilines is 1. The molecule has 2 aliphatic heterocycles. The van der Waals surface area contributed by atoms with Gasteiger partial charge in [0.25, 0.3) is 5.91 Å². The third-order valence-corrected chi connectivity index (χ3v) is 5.39. The van der Waals surface area contributed by atoms with Crippen LogP contribution >= 0.6 is 0 Å². The molecular formula is C22H21F3N2O6. The number of hydrogen-bond acceptors (Lipinski definition) is 6. The largest absolute Gasteiger partial charge is 0.497 e. The van der Waals surface area contributed by atoms with Gasteiger partial charge in [0, 0.05) is 11.3 Å². The smallest absolute Gasteiger partial charge is 0.416 e. The lowest BCUT2D eigenvalue weighted by Crippen LogP contribution is -2.44. The zero-order valence-electron chi connectivity index (χ0n) is 17.4. The fourth-order valence-electron chi connectivity index (χ4n) is 3.71. The molecule has 2 N–H and O–H groups in total. The summed E-state index contributed by atoms with van der Waals surface area (Å²) in [5.74, 6) is 0.0906. The van der Waals surface area contributed by atoms with Crippen molar-refractivity contribution in [3.63, 3.8) is 0 Å². The van der Waals surface area contributed by atoms with Crippen LogP contribution in [0.4, 0.5) is 23.7 Å². The first-order valence-electron chi connectivity index (χ1n) is 10.1. The van der Waals surface area contributed by atoms with Crippen molar-refractivity contribution in [1.29, 1.82) is 0 Å². The van der Waals surface area contributed by atoms with Crippen molar-refractivity contribution in [2.75, 3.05) is 25.6 Å². The van der Waals surface area contributed by atoms with Crippen molar-refractivity contribution in [2.24, 2.45) is 0 Å². The highest BCUT2D eigenvalue weighted by molar-refractivity contribution is 5.94. The van der Waals surface area contributed by atoms with Crippen molar-refractivity contribution >= 4 is 17.7 Å². The summed E-state index contributed by atoms with van der Waals surface area (Å²) >= 11 is 0. The molecular weight excluding hydrogens is 445 g/mol. The van der Waals surface area contributed by atoms with Gasteiger partial charge in [-0.15, -0.1) is 0 Å². The molecule has 0 bridgehead atoms. The zero-order chi connectivity index (χ0) is 23.6. The number of carbonyl (C=O) groups excluding carboxylic acids is 2. The van der Waals surface area contributed by atoms with E-state index in [0.717, 1.165) is 24.3 Å². The van der Waals surface area contributed by atoms with E-state index in [4.69, 9.17) is 18.9 Å². The molecule has 4 unspecified atom stereocenters. The lowest BCUT2D eigenvalue weighted by molar-refractivity contribution is -0.137. The van der Waals surface area contributed by atoms with Crippen molar-refractivity contribution in [3.8, 4) is 5.75 Å². The van der Waals surface area contributed by atoms with E-state index < -0.39 is 48.1 Å². The zero-order valence-corrected chi connectivity index (χ0v) is 17.4. The minimum atomic E-state index is -4.48. The Morgan fingerprint density at radius 3 is 2.27 bits per heavy atom. The van der Waals surface area contributed by atoms with Crippen LogP contribution in [0.1, 0.15) is 15.9 Å². The molecule has 0 spiro atoms. The quantitative estimate of drug-likeness (QED) is 0.703. The minimum absolute atomic E-state index is 0.0797. The van der Waals surface area contributed by atoms with E-state index in [1.807, 2.05) is 0 Å². The van der Waals surface area contributed by atoms with Crippen LogP contribution in [-0.2, 0) is 20.4 Å². The maximum atomic E-state index is 12.7. The summed E-state index contributed by atoms with van der Waals surface area (Å²) < 4.78 is 59.9. The van der Waals surface area contributed by atoms with Gasteiger partial charge in [0.15, 0.2) is 6.10 Å². The number of nitrogens with one attached hydrogen (secondary N) is 2. The van der Waals surface area contributed by atoms with Crippen LogP contribution in [-0.4, -0.2) is 56.7 Å². The summed E-state index contributed by atoms with van der Waals surface area (Å²) in [6.45, 7) is 0.194. The van der Waals surface area contributed by atoms with Crippen LogP contribution < -0.4 is 15.4 Å². The third-order valence-electron chi connectivity index (χ3n) is 5.39. The maximum Gasteiger partial charge on any atom is 0.416 e. The van der Waals surface area contributed by atoms with E-state index in [1.165, 1.54) is 7.11 Å². The first-order chi connectivity index (χ1) is 15.7. The fourth-order valence-corrected chi connectivity index (χ4v) is 3.71. The average molecular weight is 466 g/mol. The fraction of sp³-hybridized carbons (Fsp3) is 0.364. The third kappa shape index (κ3) is 5.20. The molecule has 0 saturated carbocycles. The summed E-state index contributed by atoms with van der Waals surface area (Å²) in [6.07, 6.45) is -6.98. The Kier molecular flexibility index (Phi) is 6.43. The van der Waals surface area contributed by atoms with Gasteiger partial charge in [-0.05, 0) is 48.5 Å². The first-order valence-corrected chi connectivity index (χ1v) is 10.1. The molecule has 0 radical (unpaired) electrons. The van der Waals surface area contributed by atoms with Crippen LogP contribution in [0.25, 0.3) is 0 Å². The van der Waals surface area contributed by atoms with Gasteiger partial charge in [0.1, 0.15) is 18.0 Å². The predicted octanol–water partition coefficient (Wildman–Crippen LogP) is 3.23. The van der Waals surface area contributed by atoms with Crippen molar-refractivity contribution < 1.29 is 41.7 Å². The van der Waals surface area contributed by atoms with E-state index in [0.29, 0.717) is 11.4 Å².